The first-order chi connectivity index (χ1) is 16.0. The number of likely N-dealkylation sites (tertiary alicyclic amines) is 2. The smallest absolute Gasteiger partial charge is 0.308 e. The summed E-state index contributed by atoms with van der Waals surface area (Å²) in [6, 6.07) is 5.92. The van der Waals surface area contributed by atoms with Crippen LogP contribution >= 0.6 is 0 Å². The zero-order valence-corrected chi connectivity index (χ0v) is 19.6. The minimum atomic E-state index is -0.199. The monoisotopic (exact) mass is 457 g/mol. The summed E-state index contributed by atoms with van der Waals surface area (Å²) in [5, 5.41) is 3.12. The second-order valence-electron chi connectivity index (χ2n) is 9.37. The lowest BCUT2D eigenvalue weighted by molar-refractivity contribution is -0.149. The molecule has 1 N–H and O–H groups in total. The molecule has 0 aromatic carbocycles. The molecule has 0 aliphatic carbocycles. The van der Waals surface area contributed by atoms with Crippen LogP contribution in [0.1, 0.15) is 37.8 Å². The second-order valence-corrected chi connectivity index (χ2v) is 9.37. The fourth-order valence-corrected chi connectivity index (χ4v) is 5.51. The van der Waals surface area contributed by atoms with E-state index in [1.165, 1.54) is 7.11 Å². The van der Waals surface area contributed by atoms with Crippen molar-refractivity contribution in [2.24, 2.45) is 5.92 Å². The molecular weight excluding hydrogens is 422 g/mol. The number of esters is 1. The Morgan fingerprint density at radius 1 is 1.18 bits per heavy atom. The SMILES string of the molecule is COC(=O)C1CCN(C(=O)CCC2CNC(=O)C3C(CCN3Cc3ccccn3)N2C)CC1. The second kappa shape index (κ2) is 10.6. The number of nitrogens with one attached hydrogen (secondary N) is 1. The van der Waals surface area contributed by atoms with Crippen LogP contribution in [-0.4, -0.2) is 95.9 Å². The molecule has 9 heteroatoms. The van der Waals surface area contributed by atoms with E-state index in [0.717, 1.165) is 18.7 Å². The number of pyridine rings is 1. The summed E-state index contributed by atoms with van der Waals surface area (Å²) in [7, 11) is 3.49. The van der Waals surface area contributed by atoms with Crippen LogP contribution in [0.2, 0.25) is 0 Å². The third-order valence-corrected chi connectivity index (χ3v) is 7.51. The molecule has 0 saturated carbocycles. The highest BCUT2D eigenvalue weighted by Gasteiger charge is 2.45. The van der Waals surface area contributed by atoms with Crippen LogP contribution in [-0.2, 0) is 25.7 Å². The van der Waals surface area contributed by atoms with Gasteiger partial charge in [-0.2, -0.15) is 0 Å². The molecule has 0 bridgehead atoms. The Hall–Kier alpha value is -2.52. The number of likely N-dealkylation sites (N-methyl/N-ethyl adjacent to an activating group) is 1. The van der Waals surface area contributed by atoms with Crippen molar-refractivity contribution in [3.8, 4) is 0 Å². The number of amides is 2. The van der Waals surface area contributed by atoms with Crippen molar-refractivity contribution in [3.05, 3.63) is 30.1 Å². The average Bonchev–Trinajstić information content (AvgIpc) is 3.22. The summed E-state index contributed by atoms with van der Waals surface area (Å²) in [6.45, 7) is 3.27. The van der Waals surface area contributed by atoms with Gasteiger partial charge in [0, 0.05) is 57.4 Å². The normalized spacial score (nSPS) is 27.0. The highest BCUT2D eigenvalue weighted by molar-refractivity contribution is 5.83. The quantitative estimate of drug-likeness (QED) is 0.627. The summed E-state index contributed by atoms with van der Waals surface area (Å²) in [5.74, 6) is -0.0854. The van der Waals surface area contributed by atoms with E-state index in [4.69, 9.17) is 4.74 Å². The van der Waals surface area contributed by atoms with Gasteiger partial charge in [-0.15, -0.1) is 0 Å². The maximum absolute atomic E-state index is 13.0. The van der Waals surface area contributed by atoms with E-state index in [0.29, 0.717) is 51.9 Å². The Morgan fingerprint density at radius 2 is 1.97 bits per heavy atom. The minimum Gasteiger partial charge on any atom is -0.469 e. The van der Waals surface area contributed by atoms with Gasteiger partial charge in [-0.1, -0.05) is 6.07 Å². The molecule has 0 spiro atoms. The van der Waals surface area contributed by atoms with Crippen molar-refractivity contribution in [2.75, 3.05) is 40.3 Å². The van der Waals surface area contributed by atoms with Gasteiger partial charge in [0.25, 0.3) is 0 Å². The molecule has 9 nitrogen and oxygen atoms in total. The van der Waals surface area contributed by atoms with E-state index >= 15 is 0 Å². The summed E-state index contributed by atoms with van der Waals surface area (Å²) in [4.78, 5) is 48.3. The highest BCUT2D eigenvalue weighted by atomic mass is 16.5. The highest BCUT2D eigenvalue weighted by Crippen LogP contribution is 2.28. The molecule has 1 aromatic heterocycles. The topological polar surface area (TPSA) is 95.1 Å². The Balaban J connectivity index is 1.31. The number of nitrogens with zero attached hydrogens (tertiary/aromatic N) is 4. The third kappa shape index (κ3) is 5.35. The van der Waals surface area contributed by atoms with Gasteiger partial charge in [-0.3, -0.25) is 29.2 Å². The van der Waals surface area contributed by atoms with Crippen LogP contribution in [0.15, 0.2) is 24.4 Å². The number of hydrogen-bond acceptors (Lipinski definition) is 7. The number of methoxy groups -OCH3 is 1. The Labute approximate surface area is 195 Å². The zero-order valence-electron chi connectivity index (χ0n) is 19.6. The molecule has 3 aliphatic heterocycles. The average molecular weight is 458 g/mol. The number of aromatic nitrogens is 1. The maximum Gasteiger partial charge on any atom is 0.308 e. The summed E-state index contributed by atoms with van der Waals surface area (Å²) < 4.78 is 4.83. The van der Waals surface area contributed by atoms with Crippen molar-refractivity contribution >= 4 is 17.8 Å². The predicted molar refractivity (Wildman–Crippen MR) is 122 cm³/mol. The molecule has 1 aromatic rings. The van der Waals surface area contributed by atoms with E-state index in [1.807, 2.05) is 23.1 Å². The van der Waals surface area contributed by atoms with Gasteiger partial charge in [0.2, 0.25) is 11.8 Å². The van der Waals surface area contributed by atoms with Crippen molar-refractivity contribution in [3.63, 3.8) is 0 Å². The van der Waals surface area contributed by atoms with Crippen LogP contribution in [0.4, 0.5) is 0 Å². The standard InChI is InChI=1S/C24H35N5O4/c1-27-19(6-7-21(30)28-12-8-17(9-13-28)24(32)33-2)15-26-23(31)22-20(27)10-14-29(22)16-18-5-3-4-11-25-18/h3-5,11,17,19-20,22H,6-10,12-16H2,1-2H3,(H,26,31). The molecule has 3 aliphatic rings. The Morgan fingerprint density at radius 3 is 2.67 bits per heavy atom. The fourth-order valence-electron chi connectivity index (χ4n) is 5.51. The van der Waals surface area contributed by atoms with Gasteiger partial charge >= 0.3 is 5.97 Å². The van der Waals surface area contributed by atoms with Gasteiger partial charge in [0.1, 0.15) is 6.04 Å². The molecule has 4 heterocycles. The number of carbonyl (C=O) groups is 3. The first kappa shape index (κ1) is 23.6. The van der Waals surface area contributed by atoms with Crippen molar-refractivity contribution in [1.29, 1.82) is 0 Å². The fraction of sp³-hybridized carbons (Fsp3) is 0.667. The predicted octanol–water partition coefficient (Wildman–Crippen LogP) is 0.647. The van der Waals surface area contributed by atoms with Gasteiger partial charge in [-0.25, -0.2) is 0 Å². The molecule has 3 saturated heterocycles. The molecule has 0 radical (unpaired) electrons. The van der Waals surface area contributed by atoms with Crippen molar-refractivity contribution in [1.82, 2.24) is 25.0 Å². The van der Waals surface area contributed by atoms with Crippen molar-refractivity contribution in [2.45, 2.75) is 56.8 Å². The summed E-state index contributed by atoms with van der Waals surface area (Å²) in [5.41, 5.74) is 0.968. The first-order valence-electron chi connectivity index (χ1n) is 12.0. The molecule has 4 rings (SSSR count). The lowest BCUT2D eigenvalue weighted by Crippen LogP contribution is -2.49. The zero-order chi connectivity index (χ0) is 23.4. The van der Waals surface area contributed by atoms with E-state index < -0.39 is 0 Å². The van der Waals surface area contributed by atoms with Crippen LogP contribution < -0.4 is 5.32 Å². The number of ether oxygens (including phenoxy) is 1. The molecule has 180 valence electrons. The molecule has 3 atom stereocenters. The van der Waals surface area contributed by atoms with E-state index in [1.54, 1.807) is 6.20 Å². The number of fused-ring (bicyclic) bond motifs is 1. The van der Waals surface area contributed by atoms with Gasteiger partial charge in [0.05, 0.1) is 18.7 Å². The Kier molecular flexibility index (Phi) is 7.60. The van der Waals surface area contributed by atoms with Gasteiger partial charge in [0.15, 0.2) is 0 Å². The Bertz CT molecular complexity index is 843. The van der Waals surface area contributed by atoms with Crippen LogP contribution in [0.3, 0.4) is 0 Å². The molecule has 33 heavy (non-hydrogen) atoms. The maximum atomic E-state index is 13.0. The van der Waals surface area contributed by atoms with Gasteiger partial charge in [-0.05, 0) is 44.9 Å². The summed E-state index contributed by atoms with van der Waals surface area (Å²) in [6.07, 6.45) is 5.18. The third-order valence-electron chi connectivity index (χ3n) is 7.51. The van der Waals surface area contributed by atoms with E-state index in [2.05, 4.69) is 27.1 Å². The number of hydrogen-bond donors (Lipinski definition) is 1. The molecular formula is C24H35N5O4. The van der Waals surface area contributed by atoms with Crippen LogP contribution in [0.25, 0.3) is 0 Å². The number of carbonyl (C=O) groups excluding carboxylic acids is 3. The molecule has 3 unspecified atom stereocenters. The van der Waals surface area contributed by atoms with E-state index in [9.17, 15) is 14.4 Å². The molecule has 3 fully saturated rings. The largest absolute Gasteiger partial charge is 0.469 e. The van der Waals surface area contributed by atoms with E-state index in [-0.39, 0.29) is 41.8 Å². The summed E-state index contributed by atoms with van der Waals surface area (Å²) >= 11 is 0. The van der Waals surface area contributed by atoms with Crippen molar-refractivity contribution < 1.29 is 19.1 Å². The van der Waals surface area contributed by atoms with Crippen LogP contribution in [0, 0.1) is 5.92 Å². The van der Waals surface area contributed by atoms with Gasteiger partial charge < -0.3 is 15.0 Å². The lowest BCUT2D eigenvalue weighted by Gasteiger charge is -2.34. The number of rotatable bonds is 6. The van der Waals surface area contributed by atoms with Crippen LogP contribution in [0.5, 0.6) is 0 Å². The molecule has 2 amide bonds. The first-order valence-corrected chi connectivity index (χ1v) is 12.0. The minimum absolute atomic E-state index is 0.0685. The number of piperidine rings is 1. The lowest BCUT2D eigenvalue weighted by atomic mass is 9.96.